The Kier molecular flexibility index (Phi) is 5.86. The summed E-state index contributed by atoms with van der Waals surface area (Å²) in [5.74, 6) is 1.83. The average molecular weight is 649 g/mol. The van der Waals surface area contributed by atoms with Gasteiger partial charge in [-0.3, -0.25) is 0 Å². The minimum Gasteiger partial charge on any atom is -0.456 e. The molecule has 0 aromatic heterocycles. The van der Waals surface area contributed by atoms with E-state index in [1.54, 1.807) is 0 Å². The van der Waals surface area contributed by atoms with Gasteiger partial charge in [-0.1, -0.05) is 188 Å². The summed E-state index contributed by atoms with van der Waals surface area (Å²) in [6, 6.07) is 71.2. The van der Waals surface area contributed by atoms with Crippen molar-refractivity contribution in [2.24, 2.45) is 0 Å². The van der Waals surface area contributed by atoms with Gasteiger partial charge in [0.05, 0.1) is 10.8 Å². The van der Waals surface area contributed by atoms with Crippen molar-refractivity contribution in [1.29, 1.82) is 0 Å². The van der Waals surface area contributed by atoms with Crippen LogP contribution < -0.4 is 4.74 Å². The van der Waals surface area contributed by atoms with Crippen LogP contribution in [0.25, 0.3) is 33.4 Å². The molecular formula is C50H32O. The second-order valence-electron chi connectivity index (χ2n) is 13.9. The first-order valence-corrected chi connectivity index (χ1v) is 17.8. The van der Waals surface area contributed by atoms with E-state index >= 15 is 0 Å². The molecule has 8 aromatic rings. The van der Waals surface area contributed by atoms with Crippen molar-refractivity contribution in [3.05, 3.63) is 239 Å². The number of fused-ring (bicyclic) bond motifs is 12. The van der Waals surface area contributed by atoms with Crippen LogP contribution in [0.2, 0.25) is 0 Å². The summed E-state index contributed by atoms with van der Waals surface area (Å²) < 4.78 is 6.99. The van der Waals surface area contributed by atoms with Gasteiger partial charge in [-0.15, -0.1) is 0 Å². The third-order valence-electron chi connectivity index (χ3n) is 11.7. The molecule has 11 rings (SSSR count). The lowest BCUT2D eigenvalue weighted by Crippen LogP contribution is -2.32. The number of rotatable bonds is 3. The van der Waals surface area contributed by atoms with Crippen LogP contribution in [0.1, 0.15) is 44.5 Å². The Morgan fingerprint density at radius 1 is 0.275 bits per heavy atom. The fraction of sp³-hybridized carbons (Fsp3) is 0.0400. The maximum atomic E-state index is 6.99. The Labute approximate surface area is 298 Å². The van der Waals surface area contributed by atoms with Gasteiger partial charge in [0.2, 0.25) is 0 Å². The van der Waals surface area contributed by atoms with Crippen molar-refractivity contribution in [3.63, 3.8) is 0 Å². The number of para-hydroxylation sites is 2. The molecule has 0 fully saturated rings. The number of hydrogen-bond donors (Lipinski definition) is 0. The molecular weight excluding hydrogens is 617 g/mol. The molecule has 1 heterocycles. The number of hydrogen-bond acceptors (Lipinski definition) is 1. The van der Waals surface area contributed by atoms with Crippen LogP contribution in [0.4, 0.5) is 0 Å². The molecule has 1 spiro atoms. The van der Waals surface area contributed by atoms with Crippen LogP contribution in [0.3, 0.4) is 0 Å². The van der Waals surface area contributed by atoms with Gasteiger partial charge >= 0.3 is 0 Å². The standard InChI is InChI=1S/C50H32O/c1-2-15-34(16-3-1)49(41-22-8-4-17-37(41)38-18-5-9-23-42(38)49)35-31-29-33(30-32-35)36-21-14-27-46-48(36)51-47-28-13-12-26-45(47)50(46)43-24-10-6-19-39(43)40-20-7-11-25-44(40)50/h1-32H. The lowest BCUT2D eigenvalue weighted by Gasteiger charge is -2.40. The second kappa shape index (κ2) is 10.5. The van der Waals surface area contributed by atoms with Gasteiger partial charge in [-0.05, 0) is 67.3 Å². The SMILES string of the molecule is c1ccc(C2(c3ccc(-c4cccc5c4Oc4ccccc4C54c5ccccc5-c5ccccc54)cc3)c3ccccc3-c3ccccc32)cc1. The summed E-state index contributed by atoms with van der Waals surface area (Å²) in [6.07, 6.45) is 0. The highest BCUT2D eigenvalue weighted by atomic mass is 16.5. The third-order valence-corrected chi connectivity index (χ3v) is 11.7. The van der Waals surface area contributed by atoms with Gasteiger partial charge in [-0.2, -0.15) is 0 Å². The Hall–Kier alpha value is -6.44. The van der Waals surface area contributed by atoms with E-state index in [9.17, 15) is 0 Å². The smallest absolute Gasteiger partial charge is 0.140 e. The van der Waals surface area contributed by atoms with E-state index in [-0.39, 0.29) is 0 Å². The lowest BCUT2D eigenvalue weighted by atomic mass is 9.65. The highest BCUT2D eigenvalue weighted by Crippen LogP contribution is 2.63. The summed E-state index contributed by atoms with van der Waals surface area (Å²) in [6.45, 7) is 0. The maximum Gasteiger partial charge on any atom is 0.140 e. The number of benzene rings is 8. The molecule has 0 saturated heterocycles. The van der Waals surface area contributed by atoms with Crippen LogP contribution in [-0.2, 0) is 10.8 Å². The van der Waals surface area contributed by atoms with E-state index < -0.39 is 10.8 Å². The molecule has 0 bridgehead atoms. The minimum absolute atomic E-state index is 0.431. The van der Waals surface area contributed by atoms with Gasteiger partial charge in [0.15, 0.2) is 0 Å². The van der Waals surface area contributed by atoms with E-state index in [2.05, 4.69) is 194 Å². The van der Waals surface area contributed by atoms with Crippen molar-refractivity contribution in [2.45, 2.75) is 10.8 Å². The van der Waals surface area contributed by atoms with Crippen LogP contribution in [-0.4, -0.2) is 0 Å². The monoisotopic (exact) mass is 648 g/mol. The molecule has 0 unspecified atom stereocenters. The normalized spacial score (nSPS) is 14.7. The maximum absolute atomic E-state index is 6.99. The predicted molar refractivity (Wildman–Crippen MR) is 207 cm³/mol. The number of ether oxygens (including phenoxy) is 1. The second-order valence-corrected chi connectivity index (χ2v) is 13.9. The Morgan fingerprint density at radius 2 is 0.686 bits per heavy atom. The van der Waals surface area contributed by atoms with Crippen LogP contribution in [0, 0.1) is 0 Å². The third kappa shape index (κ3) is 3.60. The predicted octanol–water partition coefficient (Wildman–Crippen LogP) is 12.2. The van der Waals surface area contributed by atoms with Gasteiger partial charge in [0, 0.05) is 16.7 Å². The molecule has 238 valence electrons. The molecule has 3 aliphatic rings. The first kappa shape index (κ1) is 28.4. The van der Waals surface area contributed by atoms with E-state index in [4.69, 9.17) is 4.74 Å². The molecule has 1 nitrogen and oxygen atoms in total. The van der Waals surface area contributed by atoms with Gasteiger partial charge in [-0.25, -0.2) is 0 Å². The van der Waals surface area contributed by atoms with E-state index in [1.165, 1.54) is 66.8 Å². The highest BCUT2D eigenvalue weighted by molar-refractivity contribution is 5.91. The van der Waals surface area contributed by atoms with Crippen molar-refractivity contribution >= 4 is 0 Å². The Morgan fingerprint density at radius 3 is 1.25 bits per heavy atom. The molecule has 0 radical (unpaired) electrons. The Balaban J connectivity index is 1.14. The molecule has 8 aromatic carbocycles. The van der Waals surface area contributed by atoms with Crippen molar-refractivity contribution in [1.82, 2.24) is 0 Å². The summed E-state index contributed by atoms with van der Waals surface area (Å²) in [7, 11) is 0. The fourth-order valence-electron chi connectivity index (χ4n) is 9.72. The van der Waals surface area contributed by atoms with Gasteiger partial charge in [0.1, 0.15) is 11.5 Å². The molecule has 0 amide bonds. The lowest BCUT2D eigenvalue weighted by molar-refractivity contribution is 0.438. The zero-order chi connectivity index (χ0) is 33.6. The molecule has 1 heteroatoms. The summed E-state index contributed by atoms with van der Waals surface area (Å²) >= 11 is 0. The molecule has 0 atom stereocenters. The average Bonchev–Trinajstić information content (AvgIpc) is 3.67. The van der Waals surface area contributed by atoms with E-state index in [1.807, 2.05) is 0 Å². The van der Waals surface area contributed by atoms with Crippen LogP contribution >= 0.6 is 0 Å². The summed E-state index contributed by atoms with van der Waals surface area (Å²) in [5.41, 5.74) is 16.6. The van der Waals surface area contributed by atoms with Crippen molar-refractivity contribution < 1.29 is 4.74 Å². The quantitative estimate of drug-likeness (QED) is 0.185. The van der Waals surface area contributed by atoms with Crippen molar-refractivity contribution in [2.75, 3.05) is 0 Å². The molecule has 0 saturated carbocycles. The minimum atomic E-state index is -0.484. The largest absolute Gasteiger partial charge is 0.456 e. The fourth-order valence-corrected chi connectivity index (χ4v) is 9.72. The van der Waals surface area contributed by atoms with Gasteiger partial charge in [0.25, 0.3) is 0 Å². The molecule has 2 aliphatic carbocycles. The molecule has 1 aliphatic heterocycles. The van der Waals surface area contributed by atoms with Crippen LogP contribution in [0.15, 0.2) is 194 Å². The zero-order valence-electron chi connectivity index (χ0n) is 27.9. The topological polar surface area (TPSA) is 9.23 Å². The zero-order valence-corrected chi connectivity index (χ0v) is 27.9. The van der Waals surface area contributed by atoms with Gasteiger partial charge < -0.3 is 4.74 Å². The first-order valence-electron chi connectivity index (χ1n) is 17.8. The van der Waals surface area contributed by atoms with E-state index in [0.29, 0.717) is 0 Å². The van der Waals surface area contributed by atoms with Crippen molar-refractivity contribution in [3.8, 4) is 44.9 Å². The molecule has 0 N–H and O–H groups in total. The first-order chi connectivity index (χ1) is 25.3. The van der Waals surface area contributed by atoms with E-state index in [0.717, 1.165) is 22.6 Å². The Bertz CT molecular complexity index is 2570. The summed E-state index contributed by atoms with van der Waals surface area (Å²) in [5, 5.41) is 0. The molecule has 51 heavy (non-hydrogen) atoms. The highest BCUT2D eigenvalue weighted by Gasteiger charge is 2.51. The van der Waals surface area contributed by atoms with Crippen LogP contribution in [0.5, 0.6) is 11.5 Å². The summed E-state index contributed by atoms with van der Waals surface area (Å²) in [4.78, 5) is 0.